The molecule has 26 heavy (non-hydrogen) atoms. The fourth-order valence-electron chi connectivity index (χ4n) is 2.67. The first-order chi connectivity index (χ1) is 12.7. The largest absolute Gasteiger partial charge is 0.366 e. The van der Waals surface area contributed by atoms with Crippen LogP contribution in [0.25, 0.3) is 28.3 Å². The van der Waals surface area contributed by atoms with Crippen LogP contribution < -0.4 is 5.73 Å². The van der Waals surface area contributed by atoms with Crippen LogP contribution in [0.4, 0.5) is 0 Å². The van der Waals surface area contributed by atoms with Crippen LogP contribution in [0.2, 0.25) is 0 Å². The van der Waals surface area contributed by atoms with E-state index in [-0.39, 0.29) is 0 Å². The van der Waals surface area contributed by atoms with Gasteiger partial charge in [0.25, 0.3) is 0 Å². The van der Waals surface area contributed by atoms with Crippen molar-refractivity contribution < 1.29 is 4.79 Å². The van der Waals surface area contributed by atoms with E-state index in [2.05, 4.69) is 20.4 Å². The van der Waals surface area contributed by atoms with E-state index in [4.69, 9.17) is 5.73 Å². The van der Waals surface area contributed by atoms with Gasteiger partial charge in [0, 0.05) is 11.8 Å². The van der Waals surface area contributed by atoms with E-state index in [1.807, 2.05) is 54.6 Å². The molecular formula is C19H14N6O. The molecule has 0 aliphatic carbocycles. The van der Waals surface area contributed by atoms with E-state index in [0.717, 1.165) is 16.8 Å². The van der Waals surface area contributed by atoms with Gasteiger partial charge >= 0.3 is 0 Å². The van der Waals surface area contributed by atoms with Gasteiger partial charge < -0.3 is 5.73 Å². The number of primary amides is 1. The van der Waals surface area contributed by atoms with Crippen LogP contribution >= 0.6 is 0 Å². The molecule has 0 bridgehead atoms. The summed E-state index contributed by atoms with van der Waals surface area (Å²) < 4.78 is 0. The standard InChI is InChI=1S/C19H14N6O/c20-18(26)16-9-2-1-8-15(16)13-6-5-7-14(12-13)25-23-19(22-24-25)17-10-3-4-11-21-17/h1-12H,(H2,20,26). The quantitative estimate of drug-likeness (QED) is 0.614. The first-order valence-electron chi connectivity index (χ1n) is 7.93. The molecule has 0 aliphatic heterocycles. The van der Waals surface area contributed by atoms with Crippen LogP contribution in [0.1, 0.15) is 10.4 Å². The van der Waals surface area contributed by atoms with Gasteiger partial charge in [0.15, 0.2) is 0 Å². The molecule has 2 aromatic carbocycles. The van der Waals surface area contributed by atoms with Crippen molar-refractivity contribution in [1.82, 2.24) is 25.2 Å². The molecule has 0 saturated heterocycles. The third-order valence-corrected chi connectivity index (χ3v) is 3.89. The van der Waals surface area contributed by atoms with Crippen molar-refractivity contribution in [3.63, 3.8) is 0 Å². The van der Waals surface area contributed by atoms with Crippen molar-refractivity contribution in [2.45, 2.75) is 0 Å². The van der Waals surface area contributed by atoms with Crippen molar-refractivity contribution >= 4 is 5.91 Å². The van der Waals surface area contributed by atoms with Gasteiger partial charge in [0.2, 0.25) is 11.7 Å². The molecule has 0 fully saturated rings. The zero-order valence-electron chi connectivity index (χ0n) is 13.6. The van der Waals surface area contributed by atoms with Crippen molar-refractivity contribution in [2.24, 2.45) is 5.73 Å². The number of nitrogens with zero attached hydrogens (tertiary/aromatic N) is 5. The maximum Gasteiger partial charge on any atom is 0.249 e. The first-order valence-corrected chi connectivity index (χ1v) is 7.93. The molecule has 4 aromatic rings. The van der Waals surface area contributed by atoms with Crippen molar-refractivity contribution in [3.8, 4) is 28.3 Å². The predicted molar refractivity (Wildman–Crippen MR) is 96.3 cm³/mol. The van der Waals surface area contributed by atoms with Gasteiger partial charge in [0.1, 0.15) is 5.69 Å². The molecule has 0 spiro atoms. The summed E-state index contributed by atoms with van der Waals surface area (Å²) in [4.78, 5) is 17.3. The van der Waals surface area contributed by atoms with Gasteiger partial charge in [-0.05, 0) is 46.7 Å². The minimum absolute atomic E-state index is 0.438. The number of nitrogens with two attached hydrogens (primary N) is 1. The van der Waals surface area contributed by atoms with Gasteiger partial charge in [-0.1, -0.05) is 36.4 Å². The summed E-state index contributed by atoms with van der Waals surface area (Å²) in [5, 5.41) is 12.5. The monoisotopic (exact) mass is 342 g/mol. The number of hydrogen-bond donors (Lipinski definition) is 1. The number of pyridine rings is 1. The highest BCUT2D eigenvalue weighted by Crippen LogP contribution is 2.25. The van der Waals surface area contributed by atoms with E-state index < -0.39 is 5.91 Å². The molecule has 2 heterocycles. The normalized spacial score (nSPS) is 10.6. The minimum atomic E-state index is -0.470. The topological polar surface area (TPSA) is 99.6 Å². The highest BCUT2D eigenvalue weighted by Gasteiger charge is 2.12. The summed E-state index contributed by atoms with van der Waals surface area (Å²) in [5.41, 5.74) is 8.91. The molecule has 126 valence electrons. The second-order valence-corrected chi connectivity index (χ2v) is 5.58. The second-order valence-electron chi connectivity index (χ2n) is 5.58. The second kappa shape index (κ2) is 6.56. The number of rotatable bonds is 4. The average molecular weight is 342 g/mol. The van der Waals surface area contributed by atoms with Gasteiger partial charge in [-0.15, -0.1) is 15.0 Å². The predicted octanol–water partition coefficient (Wildman–Crippen LogP) is 2.49. The van der Waals surface area contributed by atoms with Crippen molar-refractivity contribution in [2.75, 3.05) is 0 Å². The van der Waals surface area contributed by atoms with Crippen molar-refractivity contribution in [3.05, 3.63) is 78.5 Å². The average Bonchev–Trinajstić information content (AvgIpc) is 3.19. The highest BCUT2D eigenvalue weighted by molar-refractivity contribution is 5.99. The molecule has 7 nitrogen and oxygen atoms in total. The van der Waals surface area contributed by atoms with Crippen LogP contribution in [0.3, 0.4) is 0 Å². The lowest BCUT2D eigenvalue weighted by atomic mass is 9.99. The molecule has 0 radical (unpaired) electrons. The van der Waals surface area contributed by atoms with Crippen LogP contribution in [0.15, 0.2) is 72.9 Å². The summed E-state index contributed by atoms with van der Waals surface area (Å²) in [6.07, 6.45) is 1.68. The molecule has 4 rings (SSSR count). The molecule has 1 amide bonds. The summed E-state index contributed by atoms with van der Waals surface area (Å²) in [7, 11) is 0. The third kappa shape index (κ3) is 2.93. The SMILES string of the molecule is NC(=O)c1ccccc1-c1cccc(-n2nnc(-c3ccccn3)n2)c1. The van der Waals surface area contributed by atoms with Crippen molar-refractivity contribution in [1.29, 1.82) is 0 Å². The van der Waals surface area contributed by atoms with Gasteiger partial charge in [-0.2, -0.15) is 0 Å². The summed E-state index contributed by atoms with van der Waals surface area (Å²) in [6, 6.07) is 20.2. The van der Waals surface area contributed by atoms with E-state index in [0.29, 0.717) is 17.1 Å². The zero-order chi connectivity index (χ0) is 17.9. The Morgan fingerprint density at radius 3 is 2.62 bits per heavy atom. The lowest BCUT2D eigenvalue weighted by Gasteiger charge is -2.08. The third-order valence-electron chi connectivity index (χ3n) is 3.89. The maximum atomic E-state index is 11.7. The number of aromatic nitrogens is 5. The number of amides is 1. The zero-order valence-corrected chi connectivity index (χ0v) is 13.6. The Labute approximate surface area is 149 Å². The molecule has 0 atom stereocenters. The molecule has 0 aliphatic rings. The van der Waals surface area contributed by atoms with E-state index in [9.17, 15) is 4.79 Å². The summed E-state index contributed by atoms with van der Waals surface area (Å²) in [6.45, 7) is 0. The number of carbonyl (C=O) groups is 1. The summed E-state index contributed by atoms with van der Waals surface area (Å²) in [5.74, 6) is -0.0316. The Morgan fingerprint density at radius 2 is 1.81 bits per heavy atom. The van der Waals surface area contributed by atoms with Gasteiger partial charge in [0.05, 0.1) is 5.69 Å². The number of carbonyl (C=O) groups excluding carboxylic acids is 1. The molecule has 0 saturated carbocycles. The molecule has 2 aromatic heterocycles. The number of hydrogen-bond acceptors (Lipinski definition) is 5. The first kappa shape index (κ1) is 15.6. The molecule has 2 N–H and O–H groups in total. The Kier molecular flexibility index (Phi) is 3.95. The summed E-state index contributed by atoms with van der Waals surface area (Å²) >= 11 is 0. The Hall–Kier alpha value is -3.87. The molecule has 0 unspecified atom stereocenters. The Morgan fingerprint density at radius 1 is 0.962 bits per heavy atom. The highest BCUT2D eigenvalue weighted by atomic mass is 16.1. The fourth-order valence-corrected chi connectivity index (χ4v) is 2.67. The van der Waals surface area contributed by atoms with Gasteiger partial charge in [-0.3, -0.25) is 9.78 Å². The lowest BCUT2D eigenvalue weighted by Crippen LogP contribution is -2.12. The van der Waals surface area contributed by atoms with Crippen LogP contribution in [0.5, 0.6) is 0 Å². The lowest BCUT2D eigenvalue weighted by molar-refractivity contribution is 0.100. The smallest absolute Gasteiger partial charge is 0.249 e. The van der Waals surface area contributed by atoms with Crippen LogP contribution in [-0.2, 0) is 0 Å². The van der Waals surface area contributed by atoms with E-state index in [1.54, 1.807) is 18.3 Å². The molecular weight excluding hydrogens is 328 g/mol. The van der Waals surface area contributed by atoms with Crippen LogP contribution in [-0.4, -0.2) is 31.1 Å². The van der Waals surface area contributed by atoms with E-state index >= 15 is 0 Å². The van der Waals surface area contributed by atoms with E-state index in [1.165, 1.54) is 4.80 Å². The number of tetrazole rings is 1. The molecule has 7 heteroatoms. The minimum Gasteiger partial charge on any atom is -0.366 e. The maximum absolute atomic E-state index is 11.7. The Balaban J connectivity index is 1.74. The number of benzene rings is 2. The van der Waals surface area contributed by atoms with Gasteiger partial charge in [-0.25, -0.2) is 0 Å². The fraction of sp³-hybridized carbons (Fsp3) is 0. The Bertz CT molecular complexity index is 1070. The van der Waals surface area contributed by atoms with Crippen LogP contribution in [0, 0.1) is 0 Å².